The Morgan fingerprint density at radius 3 is 2.52 bits per heavy atom. The topological polar surface area (TPSA) is 90.8 Å². The van der Waals surface area contributed by atoms with E-state index >= 15 is 0 Å². The number of benzene rings is 1. The number of hydrogen-bond acceptors (Lipinski definition) is 4. The van der Waals surface area contributed by atoms with Gasteiger partial charge in [-0.2, -0.15) is 0 Å². The highest BCUT2D eigenvalue weighted by molar-refractivity contribution is 7.90. The van der Waals surface area contributed by atoms with E-state index in [1.165, 1.54) is 0 Å². The number of hydrogen-bond donors (Lipinski definition) is 3. The van der Waals surface area contributed by atoms with Gasteiger partial charge < -0.3 is 15.7 Å². The molecule has 0 heterocycles. The van der Waals surface area contributed by atoms with E-state index in [2.05, 4.69) is 22.5 Å². The molecule has 1 rings (SSSR count). The maximum Gasteiger partial charge on any atom is 0.191 e. The van der Waals surface area contributed by atoms with Crippen LogP contribution in [-0.4, -0.2) is 51.5 Å². The minimum atomic E-state index is -3.11. The Hall–Kier alpha value is -1.60. The zero-order chi connectivity index (χ0) is 20.0. The van der Waals surface area contributed by atoms with Gasteiger partial charge in [0.15, 0.2) is 15.8 Å². The number of nitrogens with one attached hydrogen (secondary N) is 2. The van der Waals surface area contributed by atoms with Crippen molar-refractivity contribution in [3.63, 3.8) is 0 Å². The SMILES string of the molecule is CCCC(CCO)CN=C(NCC)NCCCS(=O)(=O)Cc1ccccc1. The van der Waals surface area contributed by atoms with Crippen molar-refractivity contribution in [3.8, 4) is 0 Å². The molecule has 0 saturated heterocycles. The molecular weight excluding hydrogens is 362 g/mol. The van der Waals surface area contributed by atoms with Gasteiger partial charge in [-0.15, -0.1) is 0 Å². The lowest BCUT2D eigenvalue weighted by Gasteiger charge is -2.15. The lowest BCUT2D eigenvalue weighted by atomic mass is 10.0. The molecule has 0 spiro atoms. The van der Waals surface area contributed by atoms with Gasteiger partial charge in [-0.1, -0.05) is 43.7 Å². The van der Waals surface area contributed by atoms with Crippen LogP contribution in [0.3, 0.4) is 0 Å². The monoisotopic (exact) mass is 397 g/mol. The largest absolute Gasteiger partial charge is 0.396 e. The first-order chi connectivity index (χ1) is 13.0. The Labute approximate surface area is 164 Å². The number of sulfone groups is 1. The van der Waals surface area contributed by atoms with Crippen molar-refractivity contribution in [3.05, 3.63) is 35.9 Å². The van der Waals surface area contributed by atoms with Crippen LogP contribution in [0, 0.1) is 5.92 Å². The zero-order valence-electron chi connectivity index (χ0n) is 16.7. The van der Waals surface area contributed by atoms with E-state index in [-0.39, 0.29) is 18.1 Å². The Morgan fingerprint density at radius 1 is 1.15 bits per heavy atom. The molecule has 154 valence electrons. The molecule has 6 nitrogen and oxygen atoms in total. The average molecular weight is 398 g/mol. The van der Waals surface area contributed by atoms with Crippen LogP contribution in [0.15, 0.2) is 35.3 Å². The second-order valence-corrected chi connectivity index (χ2v) is 8.93. The highest BCUT2D eigenvalue weighted by Gasteiger charge is 2.12. The fourth-order valence-electron chi connectivity index (χ4n) is 2.88. The molecule has 27 heavy (non-hydrogen) atoms. The highest BCUT2D eigenvalue weighted by atomic mass is 32.2. The molecule has 0 saturated carbocycles. The standard InChI is InChI=1S/C20H35N3O3S/c1-3-9-18(12-14-24)16-23-20(21-4-2)22-13-8-15-27(25,26)17-19-10-6-5-7-11-19/h5-7,10-11,18,24H,3-4,8-9,12-17H2,1-2H3,(H2,21,22,23). The van der Waals surface area contributed by atoms with Crippen molar-refractivity contribution in [2.45, 2.75) is 45.3 Å². The Kier molecular flexibility index (Phi) is 11.8. The molecule has 0 fully saturated rings. The summed E-state index contributed by atoms with van der Waals surface area (Å²) in [5.41, 5.74) is 0.825. The molecule has 3 N–H and O–H groups in total. The van der Waals surface area contributed by atoms with Crippen molar-refractivity contribution in [1.29, 1.82) is 0 Å². The Balaban J connectivity index is 2.44. The number of guanidine groups is 1. The first-order valence-electron chi connectivity index (χ1n) is 9.88. The average Bonchev–Trinajstić information content (AvgIpc) is 2.63. The van der Waals surface area contributed by atoms with Gasteiger partial charge in [0.05, 0.1) is 11.5 Å². The van der Waals surface area contributed by atoms with Crippen molar-refractivity contribution in [2.75, 3.05) is 32.0 Å². The van der Waals surface area contributed by atoms with E-state index in [9.17, 15) is 8.42 Å². The van der Waals surface area contributed by atoms with E-state index in [1.54, 1.807) is 0 Å². The van der Waals surface area contributed by atoms with Gasteiger partial charge in [0.25, 0.3) is 0 Å². The second-order valence-electron chi connectivity index (χ2n) is 6.74. The molecule has 1 aromatic rings. The summed E-state index contributed by atoms with van der Waals surface area (Å²) in [4.78, 5) is 4.59. The molecule has 0 aliphatic carbocycles. The molecular formula is C20H35N3O3S. The van der Waals surface area contributed by atoms with Crippen molar-refractivity contribution < 1.29 is 13.5 Å². The molecule has 1 aromatic carbocycles. The maximum absolute atomic E-state index is 12.2. The van der Waals surface area contributed by atoms with Gasteiger partial charge in [0.1, 0.15) is 0 Å². The Bertz CT molecular complexity index is 627. The lowest BCUT2D eigenvalue weighted by Crippen LogP contribution is -2.38. The molecule has 0 aliphatic heterocycles. The van der Waals surface area contributed by atoms with Crippen LogP contribution in [0.2, 0.25) is 0 Å². The summed E-state index contributed by atoms with van der Waals surface area (Å²) in [5.74, 6) is 1.32. The minimum absolute atomic E-state index is 0.0852. The van der Waals surface area contributed by atoms with E-state index in [0.717, 1.165) is 31.4 Å². The van der Waals surface area contributed by atoms with E-state index < -0.39 is 9.84 Å². The summed E-state index contributed by atoms with van der Waals surface area (Å²) < 4.78 is 24.5. The third-order valence-corrected chi connectivity index (χ3v) is 5.92. The molecule has 1 unspecified atom stereocenters. The summed E-state index contributed by atoms with van der Waals surface area (Å²) in [6.45, 7) is 6.28. The second kappa shape index (κ2) is 13.6. The first kappa shape index (κ1) is 23.4. The predicted molar refractivity (Wildman–Crippen MR) is 113 cm³/mol. The van der Waals surface area contributed by atoms with Gasteiger partial charge in [0.2, 0.25) is 0 Å². The van der Waals surface area contributed by atoms with Crippen molar-refractivity contribution >= 4 is 15.8 Å². The Morgan fingerprint density at radius 2 is 1.89 bits per heavy atom. The summed E-state index contributed by atoms with van der Waals surface area (Å²) in [5, 5.41) is 15.5. The summed E-state index contributed by atoms with van der Waals surface area (Å²) in [7, 11) is -3.11. The van der Waals surface area contributed by atoms with Crippen molar-refractivity contribution in [2.24, 2.45) is 10.9 Å². The van der Waals surface area contributed by atoms with Crippen LogP contribution in [0.1, 0.15) is 45.1 Å². The maximum atomic E-state index is 12.2. The summed E-state index contributed by atoms with van der Waals surface area (Å²) >= 11 is 0. The normalized spacial score (nSPS) is 13.4. The smallest absolute Gasteiger partial charge is 0.191 e. The van der Waals surface area contributed by atoms with Gasteiger partial charge in [0, 0.05) is 26.2 Å². The van der Waals surface area contributed by atoms with E-state index in [4.69, 9.17) is 5.11 Å². The fraction of sp³-hybridized carbons (Fsp3) is 0.650. The number of aliphatic hydroxyl groups excluding tert-OH is 1. The zero-order valence-corrected chi connectivity index (χ0v) is 17.5. The van der Waals surface area contributed by atoms with Crippen LogP contribution in [0.4, 0.5) is 0 Å². The molecule has 0 amide bonds. The van der Waals surface area contributed by atoms with E-state index in [0.29, 0.717) is 31.4 Å². The summed E-state index contributed by atoms with van der Waals surface area (Å²) in [6, 6.07) is 9.27. The van der Waals surface area contributed by atoms with Crippen molar-refractivity contribution in [1.82, 2.24) is 10.6 Å². The summed E-state index contributed by atoms with van der Waals surface area (Å²) in [6.07, 6.45) is 3.41. The van der Waals surface area contributed by atoms with Gasteiger partial charge >= 0.3 is 0 Å². The van der Waals surface area contributed by atoms with Gasteiger partial charge in [-0.3, -0.25) is 4.99 Å². The molecule has 7 heteroatoms. The third-order valence-electron chi connectivity index (χ3n) is 4.24. The third kappa shape index (κ3) is 11.0. The van der Waals surface area contributed by atoms with Crippen LogP contribution in [-0.2, 0) is 15.6 Å². The minimum Gasteiger partial charge on any atom is -0.396 e. The lowest BCUT2D eigenvalue weighted by molar-refractivity contribution is 0.253. The highest BCUT2D eigenvalue weighted by Crippen LogP contribution is 2.11. The number of nitrogens with zero attached hydrogens (tertiary/aromatic N) is 1. The number of rotatable bonds is 13. The molecule has 0 aromatic heterocycles. The predicted octanol–water partition coefficient (Wildman–Crippen LogP) is 2.35. The van der Waals surface area contributed by atoms with E-state index in [1.807, 2.05) is 37.3 Å². The molecule has 0 radical (unpaired) electrons. The molecule has 1 atom stereocenters. The van der Waals surface area contributed by atoms with Crippen LogP contribution >= 0.6 is 0 Å². The first-order valence-corrected chi connectivity index (χ1v) is 11.7. The van der Waals surface area contributed by atoms with Gasteiger partial charge in [-0.25, -0.2) is 8.42 Å². The molecule has 0 bridgehead atoms. The van der Waals surface area contributed by atoms with Crippen LogP contribution < -0.4 is 10.6 Å². The van der Waals surface area contributed by atoms with Crippen LogP contribution in [0.5, 0.6) is 0 Å². The van der Waals surface area contributed by atoms with Crippen LogP contribution in [0.25, 0.3) is 0 Å². The number of aliphatic hydroxyl groups is 1. The number of aliphatic imine (C=N–C) groups is 1. The van der Waals surface area contributed by atoms with Gasteiger partial charge in [-0.05, 0) is 37.7 Å². The molecule has 0 aliphatic rings. The quantitative estimate of drug-likeness (QED) is 0.270. The fourth-order valence-corrected chi connectivity index (χ4v) is 4.31.